The first-order valence-electron chi connectivity index (χ1n) is 10.1. The highest BCUT2D eigenvalue weighted by molar-refractivity contribution is 5.54. The molecule has 0 spiro atoms. The van der Waals surface area contributed by atoms with Crippen molar-refractivity contribution in [3.63, 3.8) is 0 Å². The highest BCUT2D eigenvalue weighted by Gasteiger charge is 2.34. The quantitative estimate of drug-likeness (QED) is 0.860. The number of hydrogen-bond donors (Lipinski definition) is 1. The van der Waals surface area contributed by atoms with Gasteiger partial charge in [0.05, 0.1) is 12.2 Å². The van der Waals surface area contributed by atoms with Gasteiger partial charge in [0.1, 0.15) is 0 Å². The molecule has 138 valence electrons. The zero-order valence-corrected chi connectivity index (χ0v) is 15.8. The van der Waals surface area contributed by atoms with E-state index in [1.807, 2.05) is 0 Å². The summed E-state index contributed by atoms with van der Waals surface area (Å²) in [5.74, 6) is 0.830. The molecule has 0 radical (unpaired) electrons. The molecule has 0 amide bonds. The van der Waals surface area contributed by atoms with Gasteiger partial charge in [-0.25, -0.2) is 0 Å². The molecule has 2 heterocycles. The van der Waals surface area contributed by atoms with Gasteiger partial charge < -0.3 is 19.9 Å². The molecular weight excluding hydrogens is 310 g/mol. The Morgan fingerprint density at radius 1 is 1.04 bits per heavy atom. The maximum absolute atomic E-state index is 5.90. The van der Waals surface area contributed by atoms with E-state index in [1.54, 1.807) is 0 Å². The van der Waals surface area contributed by atoms with Gasteiger partial charge in [-0.2, -0.15) is 0 Å². The van der Waals surface area contributed by atoms with Crippen molar-refractivity contribution in [2.75, 3.05) is 37.6 Å². The summed E-state index contributed by atoms with van der Waals surface area (Å²) in [7, 11) is 0. The molecule has 0 aromatic heterocycles. The SMILES string of the molecule is C[C@@H]1CN(c2ccccc2CNC[C@@H]2CCN(C3CC3)C2)C[C@H](C)O1. The van der Waals surface area contributed by atoms with E-state index in [0.717, 1.165) is 38.1 Å². The topological polar surface area (TPSA) is 27.7 Å². The molecule has 3 atom stereocenters. The molecule has 3 aliphatic rings. The zero-order valence-electron chi connectivity index (χ0n) is 15.8. The standard InChI is InChI=1S/C21H33N3O/c1-16-13-24(14-17(2)25-16)21-6-4-3-5-19(21)12-22-11-18-9-10-23(15-18)20-7-8-20/h3-6,16-18,20,22H,7-15H2,1-2H3/t16-,17+,18-/m0/s1. The monoisotopic (exact) mass is 343 g/mol. The normalized spacial score (nSPS) is 30.8. The van der Waals surface area contributed by atoms with E-state index < -0.39 is 0 Å². The molecule has 1 aromatic rings. The molecule has 4 nitrogen and oxygen atoms in total. The lowest BCUT2D eigenvalue weighted by molar-refractivity contribution is -0.00526. The Morgan fingerprint density at radius 2 is 1.80 bits per heavy atom. The van der Waals surface area contributed by atoms with Gasteiger partial charge in [-0.3, -0.25) is 0 Å². The van der Waals surface area contributed by atoms with E-state index in [9.17, 15) is 0 Å². The van der Waals surface area contributed by atoms with Crippen LogP contribution in [-0.4, -0.2) is 55.9 Å². The molecule has 2 saturated heterocycles. The minimum atomic E-state index is 0.302. The van der Waals surface area contributed by atoms with Crippen LogP contribution in [-0.2, 0) is 11.3 Å². The molecule has 1 aromatic carbocycles. The van der Waals surface area contributed by atoms with E-state index in [2.05, 4.69) is 53.2 Å². The molecule has 0 bridgehead atoms. The van der Waals surface area contributed by atoms with Gasteiger partial charge in [0.2, 0.25) is 0 Å². The summed E-state index contributed by atoms with van der Waals surface area (Å²) in [6.45, 7) is 11.1. The molecule has 1 saturated carbocycles. The Kier molecular flexibility index (Phi) is 5.30. The van der Waals surface area contributed by atoms with E-state index >= 15 is 0 Å². The van der Waals surface area contributed by atoms with Gasteiger partial charge in [-0.05, 0) is 63.7 Å². The van der Waals surface area contributed by atoms with Crippen LogP contribution >= 0.6 is 0 Å². The predicted octanol–water partition coefficient (Wildman–Crippen LogP) is 2.87. The lowest BCUT2D eigenvalue weighted by Gasteiger charge is -2.37. The highest BCUT2D eigenvalue weighted by atomic mass is 16.5. The summed E-state index contributed by atoms with van der Waals surface area (Å²) >= 11 is 0. The van der Waals surface area contributed by atoms with Gasteiger partial charge in [0, 0.05) is 37.9 Å². The van der Waals surface area contributed by atoms with Crippen LogP contribution in [0, 0.1) is 5.92 Å². The van der Waals surface area contributed by atoms with Crippen LogP contribution in [0.4, 0.5) is 5.69 Å². The zero-order chi connectivity index (χ0) is 17.2. The van der Waals surface area contributed by atoms with Gasteiger partial charge in [0.15, 0.2) is 0 Å². The lowest BCUT2D eigenvalue weighted by Crippen LogP contribution is -2.46. The van der Waals surface area contributed by atoms with Crippen LogP contribution in [0.5, 0.6) is 0 Å². The number of ether oxygens (including phenoxy) is 1. The molecule has 1 N–H and O–H groups in total. The van der Waals surface area contributed by atoms with Crippen LogP contribution in [0.1, 0.15) is 38.7 Å². The third-order valence-electron chi connectivity index (χ3n) is 5.88. The second kappa shape index (κ2) is 7.65. The van der Waals surface area contributed by atoms with E-state index in [1.165, 1.54) is 43.6 Å². The van der Waals surface area contributed by atoms with Crippen molar-refractivity contribution in [1.29, 1.82) is 0 Å². The molecule has 25 heavy (non-hydrogen) atoms. The molecule has 4 rings (SSSR count). The molecule has 2 aliphatic heterocycles. The van der Waals surface area contributed by atoms with Crippen molar-refractivity contribution >= 4 is 5.69 Å². The summed E-state index contributed by atoms with van der Waals surface area (Å²) in [5.41, 5.74) is 2.80. The lowest BCUT2D eigenvalue weighted by atomic mass is 10.1. The van der Waals surface area contributed by atoms with Crippen molar-refractivity contribution in [1.82, 2.24) is 10.2 Å². The number of hydrogen-bond acceptors (Lipinski definition) is 4. The van der Waals surface area contributed by atoms with Gasteiger partial charge >= 0.3 is 0 Å². The van der Waals surface area contributed by atoms with Crippen LogP contribution < -0.4 is 10.2 Å². The summed E-state index contributed by atoms with van der Waals surface area (Å²) in [6.07, 6.45) is 4.84. The summed E-state index contributed by atoms with van der Waals surface area (Å²) in [6, 6.07) is 9.80. The van der Waals surface area contributed by atoms with Crippen LogP contribution in [0.25, 0.3) is 0 Å². The second-order valence-corrected chi connectivity index (χ2v) is 8.30. The summed E-state index contributed by atoms with van der Waals surface area (Å²) in [5, 5.41) is 3.74. The number of benzene rings is 1. The van der Waals surface area contributed by atoms with Crippen molar-refractivity contribution in [2.24, 2.45) is 5.92 Å². The first-order valence-corrected chi connectivity index (χ1v) is 10.1. The third kappa shape index (κ3) is 4.36. The Morgan fingerprint density at radius 3 is 2.56 bits per heavy atom. The van der Waals surface area contributed by atoms with Crippen molar-refractivity contribution in [3.8, 4) is 0 Å². The average Bonchev–Trinajstić information content (AvgIpc) is 3.34. The van der Waals surface area contributed by atoms with Crippen molar-refractivity contribution in [3.05, 3.63) is 29.8 Å². The fraction of sp³-hybridized carbons (Fsp3) is 0.714. The largest absolute Gasteiger partial charge is 0.372 e. The number of likely N-dealkylation sites (tertiary alicyclic amines) is 1. The molecule has 4 heteroatoms. The van der Waals surface area contributed by atoms with Gasteiger partial charge in [-0.15, -0.1) is 0 Å². The maximum Gasteiger partial charge on any atom is 0.0726 e. The molecule has 1 aliphatic carbocycles. The van der Waals surface area contributed by atoms with Gasteiger partial charge in [-0.1, -0.05) is 18.2 Å². The number of nitrogens with zero attached hydrogens (tertiary/aromatic N) is 2. The molecule has 3 fully saturated rings. The van der Waals surface area contributed by atoms with E-state index in [0.29, 0.717) is 12.2 Å². The van der Waals surface area contributed by atoms with Crippen molar-refractivity contribution < 1.29 is 4.74 Å². The van der Waals surface area contributed by atoms with E-state index in [-0.39, 0.29) is 0 Å². The summed E-state index contributed by atoms with van der Waals surface area (Å²) < 4.78 is 5.90. The third-order valence-corrected chi connectivity index (χ3v) is 5.88. The highest BCUT2D eigenvalue weighted by Crippen LogP contribution is 2.31. The Labute approximate surface area is 152 Å². The number of para-hydroxylation sites is 1. The molecular formula is C21H33N3O. The van der Waals surface area contributed by atoms with Crippen LogP contribution in [0.15, 0.2) is 24.3 Å². The maximum atomic E-state index is 5.90. The van der Waals surface area contributed by atoms with Crippen LogP contribution in [0.2, 0.25) is 0 Å². The van der Waals surface area contributed by atoms with Gasteiger partial charge in [0.25, 0.3) is 0 Å². The number of rotatable bonds is 6. The smallest absolute Gasteiger partial charge is 0.0726 e. The van der Waals surface area contributed by atoms with E-state index in [4.69, 9.17) is 4.74 Å². The fourth-order valence-corrected chi connectivity index (χ4v) is 4.55. The first-order chi connectivity index (χ1) is 12.2. The Bertz CT molecular complexity index is 564. The fourth-order valence-electron chi connectivity index (χ4n) is 4.55. The Hall–Kier alpha value is -1.10. The predicted molar refractivity (Wildman–Crippen MR) is 103 cm³/mol. The number of anilines is 1. The minimum absolute atomic E-state index is 0.302. The number of nitrogens with one attached hydrogen (secondary N) is 1. The number of morpholine rings is 1. The summed E-state index contributed by atoms with van der Waals surface area (Å²) in [4.78, 5) is 5.21. The first kappa shape index (κ1) is 17.3. The minimum Gasteiger partial charge on any atom is -0.372 e. The van der Waals surface area contributed by atoms with Crippen LogP contribution in [0.3, 0.4) is 0 Å². The van der Waals surface area contributed by atoms with Crippen molar-refractivity contribution in [2.45, 2.75) is 57.9 Å². The Balaban J connectivity index is 1.31. The second-order valence-electron chi connectivity index (χ2n) is 8.30. The molecule has 0 unspecified atom stereocenters. The average molecular weight is 344 g/mol.